The van der Waals surface area contributed by atoms with Gasteiger partial charge in [0.1, 0.15) is 12.7 Å². The molecule has 0 unspecified atom stereocenters. The topological polar surface area (TPSA) is 90.3 Å². The summed E-state index contributed by atoms with van der Waals surface area (Å²) in [6.07, 6.45) is 3.28. The van der Waals surface area contributed by atoms with E-state index >= 15 is 0 Å². The van der Waals surface area contributed by atoms with Crippen LogP contribution in [0.5, 0.6) is 0 Å². The molecule has 0 fully saturated rings. The van der Waals surface area contributed by atoms with Crippen molar-refractivity contribution in [3.63, 3.8) is 0 Å². The number of anilines is 1. The van der Waals surface area contributed by atoms with Gasteiger partial charge in [-0.05, 0) is 12.2 Å². The van der Waals surface area contributed by atoms with Crippen LogP contribution in [0.4, 0.5) is 5.95 Å². The minimum absolute atomic E-state index is 0.392. The summed E-state index contributed by atoms with van der Waals surface area (Å²) in [6.45, 7) is 1.37. The number of nitrogen functional groups attached to an aromatic ring is 1. The Morgan fingerprint density at radius 1 is 1.36 bits per heavy atom. The first-order valence-corrected chi connectivity index (χ1v) is 4.41. The highest BCUT2D eigenvalue weighted by atomic mass is 32.1. The molecule has 0 spiro atoms. The van der Waals surface area contributed by atoms with Crippen molar-refractivity contribution in [2.75, 3.05) is 5.73 Å². The molecule has 2 aromatic rings. The molecule has 2 aromatic heterocycles. The fourth-order valence-corrected chi connectivity index (χ4v) is 1.33. The van der Waals surface area contributed by atoms with E-state index in [9.17, 15) is 0 Å². The molecule has 0 bridgehead atoms. The lowest BCUT2D eigenvalue weighted by atomic mass is 10.6. The minimum atomic E-state index is 0.392. The van der Waals surface area contributed by atoms with Crippen LogP contribution in [0.2, 0.25) is 0 Å². The SMILES string of the molecule is Nc1n[nH]c(=S)n1CCn1cnnc1. The number of nitrogens with one attached hydrogen (secondary N) is 1. The smallest absolute Gasteiger partial charge is 0.220 e. The number of aromatic amines is 1. The Morgan fingerprint density at radius 3 is 2.64 bits per heavy atom. The van der Waals surface area contributed by atoms with Gasteiger partial charge in [-0.15, -0.1) is 15.3 Å². The van der Waals surface area contributed by atoms with E-state index in [0.717, 1.165) is 0 Å². The van der Waals surface area contributed by atoms with Gasteiger partial charge >= 0.3 is 0 Å². The number of hydrogen-bond donors (Lipinski definition) is 2. The maximum atomic E-state index is 5.59. The van der Waals surface area contributed by atoms with Gasteiger partial charge in [-0.25, -0.2) is 5.10 Å². The van der Waals surface area contributed by atoms with Gasteiger partial charge < -0.3 is 10.3 Å². The van der Waals surface area contributed by atoms with E-state index in [4.69, 9.17) is 18.0 Å². The molecule has 7 nitrogen and oxygen atoms in total. The Hall–Kier alpha value is -1.70. The first kappa shape index (κ1) is 8.88. The Labute approximate surface area is 84.6 Å². The number of H-pyrrole nitrogens is 1. The summed E-state index contributed by atoms with van der Waals surface area (Å²) in [5.74, 6) is 0.392. The van der Waals surface area contributed by atoms with E-state index in [0.29, 0.717) is 23.8 Å². The summed E-state index contributed by atoms with van der Waals surface area (Å²) < 4.78 is 4.08. The van der Waals surface area contributed by atoms with Gasteiger partial charge in [-0.3, -0.25) is 4.57 Å². The molecule has 0 saturated carbocycles. The van der Waals surface area contributed by atoms with Crippen molar-refractivity contribution >= 4 is 18.2 Å². The van der Waals surface area contributed by atoms with Crippen LogP contribution in [0.3, 0.4) is 0 Å². The third kappa shape index (κ3) is 1.64. The molecule has 2 rings (SSSR count). The van der Waals surface area contributed by atoms with Crippen molar-refractivity contribution in [3.8, 4) is 0 Å². The molecule has 0 radical (unpaired) electrons. The van der Waals surface area contributed by atoms with Crippen LogP contribution < -0.4 is 5.73 Å². The summed E-state index contributed by atoms with van der Waals surface area (Å²) >= 11 is 4.99. The Bertz CT molecular complexity index is 453. The largest absolute Gasteiger partial charge is 0.368 e. The summed E-state index contributed by atoms with van der Waals surface area (Å²) in [5.41, 5.74) is 5.59. The highest BCUT2D eigenvalue weighted by Gasteiger charge is 2.00. The zero-order chi connectivity index (χ0) is 9.97. The highest BCUT2D eigenvalue weighted by Crippen LogP contribution is 1.99. The number of hydrogen-bond acceptors (Lipinski definition) is 5. The van der Waals surface area contributed by atoms with Crippen molar-refractivity contribution in [3.05, 3.63) is 17.4 Å². The number of rotatable bonds is 3. The first-order chi connectivity index (χ1) is 6.77. The second-order valence-electron chi connectivity index (χ2n) is 2.74. The second kappa shape index (κ2) is 3.58. The average molecular weight is 211 g/mol. The molecule has 0 aliphatic rings. The molecule has 0 saturated heterocycles. The van der Waals surface area contributed by atoms with Gasteiger partial charge in [-0.1, -0.05) is 0 Å². The van der Waals surface area contributed by atoms with E-state index in [1.165, 1.54) is 0 Å². The molecule has 2 heterocycles. The van der Waals surface area contributed by atoms with Gasteiger partial charge in [0, 0.05) is 13.1 Å². The van der Waals surface area contributed by atoms with Crippen molar-refractivity contribution in [2.45, 2.75) is 13.1 Å². The minimum Gasteiger partial charge on any atom is -0.368 e. The van der Waals surface area contributed by atoms with Gasteiger partial charge in [0.25, 0.3) is 0 Å². The van der Waals surface area contributed by atoms with Crippen LogP contribution >= 0.6 is 12.2 Å². The van der Waals surface area contributed by atoms with Crippen LogP contribution in [0, 0.1) is 4.77 Å². The van der Waals surface area contributed by atoms with Crippen LogP contribution in [-0.2, 0) is 13.1 Å². The van der Waals surface area contributed by atoms with Gasteiger partial charge in [-0.2, -0.15) is 0 Å². The molecule has 3 N–H and O–H groups in total. The van der Waals surface area contributed by atoms with Gasteiger partial charge in [0.05, 0.1) is 0 Å². The standard InChI is InChI=1S/C6H9N7S/c7-5-10-11-6(14)13(5)2-1-12-3-8-9-4-12/h3-4H,1-2H2,(H2,7,10)(H,11,14). The van der Waals surface area contributed by atoms with E-state index in [1.807, 2.05) is 4.57 Å². The van der Waals surface area contributed by atoms with Gasteiger partial charge in [0.15, 0.2) is 4.77 Å². The maximum absolute atomic E-state index is 5.59. The van der Waals surface area contributed by atoms with Gasteiger partial charge in [0.2, 0.25) is 5.95 Å². The summed E-state index contributed by atoms with van der Waals surface area (Å²) in [6, 6.07) is 0. The van der Waals surface area contributed by atoms with Crippen molar-refractivity contribution in [1.29, 1.82) is 0 Å². The summed E-state index contributed by atoms with van der Waals surface area (Å²) in [5, 5.41) is 13.8. The lowest BCUT2D eigenvalue weighted by Crippen LogP contribution is -2.09. The fraction of sp³-hybridized carbons (Fsp3) is 0.333. The Morgan fingerprint density at radius 2 is 2.07 bits per heavy atom. The number of nitrogens with two attached hydrogens (primary N) is 1. The third-order valence-electron chi connectivity index (χ3n) is 1.84. The lowest BCUT2D eigenvalue weighted by molar-refractivity contribution is 0.576. The maximum Gasteiger partial charge on any atom is 0.220 e. The lowest BCUT2D eigenvalue weighted by Gasteiger charge is -2.03. The molecule has 0 amide bonds. The molecular weight excluding hydrogens is 202 g/mol. The van der Waals surface area contributed by atoms with Crippen LogP contribution in [-0.4, -0.2) is 29.5 Å². The van der Waals surface area contributed by atoms with E-state index in [1.54, 1.807) is 17.2 Å². The number of aromatic nitrogens is 6. The van der Waals surface area contributed by atoms with Crippen molar-refractivity contribution in [1.82, 2.24) is 29.5 Å². The molecule has 0 aliphatic carbocycles. The van der Waals surface area contributed by atoms with Crippen molar-refractivity contribution < 1.29 is 0 Å². The van der Waals surface area contributed by atoms with E-state index in [-0.39, 0.29) is 0 Å². The molecule has 0 aromatic carbocycles. The zero-order valence-corrected chi connectivity index (χ0v) is 8.11. The fourth-order valence-electron chi connectivity index (χ4n) is 1.10. The predicted molar refractivity (Wildman–Crippen MR) is 51.8 cm³/mol. The number of aryl methyl sites for hydroxylation is 1. The average Bonchev–Trinajstić information content (AvgIpc) is 2.76. The quantitative estimate of drug-likeness (QED) is 0.687. The third-order valence-corrected chi connectivity index (χ3v) is 2.15. The number of nitrogens with zero attached hydrogens (tertiary/aromatic N) is 5. The molecule has 0 atom stereocenters. The molecular formula is C6H9N7S. The highest BCUT2D eigenvalue weighted by molar-refractivity contribution is 7.71. The van der Waals surface area contributed by atoms with Crippen LogP contribution in [0.1, 0.15) is 0 Å². The monoisotopic (exact) mass is 211 g/mol. The van der Waals surface area contributed by atoms with Crippen molar-refractivity contribution in [2.24, 2.45) is 0 Å². The Kier molecular flexibility index (Phi) is 2.27. The van der Waals surface area contributed by atoms with E-state index < -0.39 is 0 Å². The Balaban J connectivity index is 2.09. The normalized spacial score (nSPS) is 10.6. The summed E-state index contributed by atoms with van der Waals surface area (Å²) in [7, 11) is 0. The predicted octanol–water partition coefficient (Wildman–Crippen LogP) is -0.185. The zero-order valence-electron chi connectivity index (χ0n) is 7.29. The molecule has 14 heavy (non-hydrogen) atoms. The molecule has 74 valence electrons. The van der Waals surface area contributed by atoms with E-state index in [2.05, 4.69) is 20.4 Å². The van der Waals surface area contributed by atoms with Crippen LogP contribution in [0.25, 0.3) is 0 Å². The molecule has 0 aliphatic heterocycles. The second-order valence-corrected chi connectivity index (χ2v) is 3.13. The first-order valence-electron chi connectivity index (χ1n) is 4.00. The van der Waals surface area contributed by atoms with Crippen LogP contribution in [0.15, 0.2) is 12.7 Å². The molecule has 8 heteroatoms. The summed E-state index contributed by atoms with van der Waals surface area (Å²) in [4.78, 5) is 0.